The Kier molecular flexibility index (Phi) is 7.80. The summed E-state index contributed by atoms with van der Waals surface area (Å²) in [6, 6.07) is 36.9. The topological polar surface area (TPSA) is 15.8 Å². The standard InChI is InChI=1S/C44H49N/c1-27(2)35-12-11-13-36(28(3)4)39(35)32-18-24-37-31(26-32)19-25-38-41(37)40(29-14-20-33(21-15-29)43(5,6)7)42(45-38)30-16-22-34(23-17-30)44(8,9)10/h11-28,45H,1-10H3. The van der Waals surface area contributed by atoms with Gasteiger partial charge in [-0.2, -0.15) is 0 Å². The Hall–Kier alpha value is -4.10. The first-order chi connectivity index (χ1) is 21.2. The molecule has 0 saturated carbocycles. The number of H-pyrrole nitrogens is 1. The van der Waals surface area contributed by atoms with E-state index in [1.807, 2.05) is 0 Å². The van der Waals surface area contributed by atoms with Crippen LogP contribution in [-0.2, 0) is 10.8 Å². The first-order valence-corrected chi connectivity index (χ1v) is 16.7. The van der Waals surface area contributed by atoms with E-state index in [1.165, 1.54) is 77.4 Å². The fourth-order valence-corrected chi connectivity index (χ4v) is 6.84. The molecule has 0 aliphatic rings. The minimum absolute atomic E-state index is 0.106. The molecule has 6 aromatic rings. The van der Waals surface area contributed by atoms with Gasteiger partial charge in [0.1, 0.15) is 0 Å². The fourth-order valence-electron chi connectivity index (χ4n) is 6.84. The van der Waals surface area contributed by atoms with Gasteiger partial charge in [0.05, 0.1) is 5.69 Å². The number of nitrogens with one attached hydrogen (secondary N) is 1. The summed E-state index contributed by atoms with van der Waals surface area (Å²) in [5.41, 5.74) is 14.5. The van der Waals surface area contributed by atoms with E-state index in [2.05, 4.69) is 171 Å². The number of benzene rings is 5. The van der Waals surface area contributed by atoms with Gasteiger partial charge in [0, 0.05) is 16.5 Å². The molecule has 230 valence electrons. The van der Waals surface area contributed by atoms with Crippen LogP contribution in [0, 0.1) is 0 Å². The van der Waals surface area contributed by atoms with E-state index < -0.39 is 0 Å². The molecule has 0 bridgehead atoms. The second kappa shape index (κ2) is 11.4. The van der Waals surface area contributed by atoms with Gasteiger partial charge in [-0.25, -0.2) is 0 Å². The van der Waals surface area contributed by atoms with Crippen LogP contribution in [0.4, 0.5) is 0 Å². The third kappa shape index (κ3) is 5.74. The second-order valence-electron chi connectivity index (χ2n) is 15.6. The fraction of sp³-hybridized carbons (Fsp3) is 0.318. The highest BCUT2D eigenvalue weighted by molar-refractivity contribution is 6.17. The highest BCUT2D eigenvalue weighted by Gasteiger charge is 2.22. The Labute approximate surface area is 270 Å². The van der Waals surface area contributed by atoms with Gasteiger partial charge in [-0.1, -0.05) is 154 Å². The molecule has 0 spiro atoms. The average molecular weight is 592 g/mol. The lowest BCUT2D eigenvalue weighted by Gasteiger charge is -2.20. The molecule has 0 radical (unpaired) electrons. The van der Waals surface area contributed by atoms with Crippen molar-refractivity contribution in [1.82, 2.24) is 4.98 Å². The van der Waals surface area contributed by atoms with Crippen molar-refractivity contribution in [2.75, 3.05) is 0 Å². The van der Waals surface area contributed by atoms with Crippen LogP contribution in [0.15, 0.2) is 97.1 Å². The summed E-state index contributed by atoms with van der Waals surface area (Å²) in [5.74, 6) is 0.910. The number of hydrogen-bond acceptors (Lipinski definition) is 0. The molecule has 0 aliphatic carbocycles. The summed E-state index contributed by atoms with van der Waals surface area (Å²) in [6.45, 7) is 22.9. The quantitative estimate of drug-likeness (QED) is 0.205. The number of fused-ring (bicyclic) bond motifs is 3. The van der Waals surface area contributed by atoms with E-state index in [0.717, 1.165) is 0 Å². The van der Waals surface area contributed by atoms with Crippen molar-refractivity contribution in [1.29, 1.82) is 0 Å². The summed E-state index contributed by atoms with van der Waals surface area (Å²) in [4.78, 5) is 3.87. The molecule has 45 heavy (non-hydrogen) atoms. The average Bonchev–Trinajstić information content (AvgIpc) is 3.40. The highest BCUT2D eigenvalue weighted by atomic mass is 14.7. The zero-order valence-electron chi connectivity index (χ0n) is 28.9. The molecule has 1 aromatic heterocycles. The molecule has 1 heterocycles. The minimum atomic E-state index is 0.106. The van der Waals surface area contributed by atoms with Crippen LogP contribution in [0.25, 0.3) is 55.2 Å². The Morgan fingerprint density at radius 3 is 1.53 bits per heavy atom. The SMILES string of the molecule is CC(C)c1cccc(C(C)C)c1-c1ccc2c(ccc3[nH]c(-c4ccc(C(C)(C)C)cc4)c(-c4ccc(C(C)(C)C)cc4)c32)c1. The van der Waals surface area contributed by atoms with Crippen LogP contribution in [0.1, 0.15) is 103 Å². The number of rotatable bonds is 5. The monoisotopic (exact) mass is 591 g/mol. The largest absolute Gasteiger partial charge is 0.354 e. The van der Waals surface area contributed by atoms with Crippen molar-refractivity contribution in [3.05, 3.63) is 119 Å². The maximum atomic E-state index is 3.87. The summed E-state index contributed by atoms with van der Waals surface area (Å²) < 4.78 is 0. The van der Waals surface area contributed by atoms with Gasteiger partial charge in [-0.05, 0) is 90.1 Å². The summed E-state index contributed by atoms with van der Waals surface area (Å²) >= 11 is 0. The van der Waals surface area contributed by atoms with Gasteiger partial charge in [0.2, 0.25) is 0 Å². The van der Waals surface area contributed by atoms with E-state index in [0.29, 0.717) is 11.8 Å². The van der Waals surface area contributed by atoms with E-state index in [-0.39, 0.29) is 10.8 Å². The molecule has 5 aromatic carbocycles. The Bertz CT molecular complexity index is 1960. The van der Waals surface area contributed by atoms with Crippen LogP contribution in [-0.4, -0.2) is 4.98 Å². The van der Waals surface area contributed by atoms with Gasteiger partial charge >= 0.3 is 0 Å². The highest BCUT2D eigenvalue weighted by Crippen LogP contribution is 2.44. The van der Waals surface area contributed by atoms with Crippen molar-refractivity contribution < 1.29 is 0 Å². The van der Waals surface area contributed by atoms with Crippen molar-refractivity contribution in [3.63, 3.8) is 0 Å². The lowest BCUT2D eigenvalue weighted by atomic mass is 9.84. The van der Waals surface area contributed by atoms with E-state index >= 15 is 0 Å². The number of aromatic nitrogens is 1. The zero-order valence-corrected chi connectivity index (χ0v) is 28.9. The maximum absolute atomic E-state index is 3.87. The summed E-state index contributed by atoms with van der Waals surface area (Å²) in [6.07, 6.45) is 0. The lowest BCUT2D eigenvalue weighted by Crippen LogP contribution is -2.10. The van der Waals surface area contributed by atoms with Crippen LogP contribution in [0.2, 0.25) is 0 Å². The normalized spacial score (nSPS) is 12.6. The van der Waals surface area contributed by atoms with Crippen molar-refractivity contribution in [2.24, 2.45) is 0 Å². The van der Waals surface area contributed by atoms with Gasteiger partial charge in [0.15, 0.2) is 0 Å². The number of aromatic amines is 1. The molecule has 0 unspecified atom stereocenters. The molecular formula is C44H49N. The van der Waals surface area contributed by atoms with Crippen LogP contribution < -0.4 is 0 Å². The van der Waals surface area contributed by atoms with Crippen molar-refractivity contribution >= 4 is 21.7 Å². The second-order valence-corrected chi connectivity index (χ2v) is 15.6. The van der Waals surface area contributed by atoms with Gasteiger partial charge in [0.25, 0.3) is 0 Å². The van der Waals surface area contributed by atoms with E-state index in [1.54, 1.807) is 0 Å². The predicted octanol–water partition coefficient (Wildman–Crippen LogP) is 13.2. The van der Waals surface area contributed by atoms with Crippen LogP contribution in [0.5, 0.6) is 0 Å². The Morgan fingerprint density at radius 2 is 1.02 bits per heavy atom. The van der Waals surface area contributed by atoms with Crippen molar-refractivity contribution in [2.45, 2.75) is 91.9 Å². The van der Waals surface area contributed by atoms with Crippen LogP contribution in [0.3, 0.4) is 0 Å². The molecule has 0 aliphatic heterocycles. The predicted molar refractivity (Wildman–Crippen MR) is 198 cm³/mol. The molecular weight excluding hydrogens is 542 g/mol. The summed E-state index contributed by atoms with van der Waals surface area (Å²) in [5, 5.41) is 3.85. The van der Waals surface area contributed by atoms with Crippen LogP contribution >= 0.6 is 0 Å². The summed E-state index contributed by atoms with van der Waals surface area (Å²) in [7, 11) is 0. The first kappa shape index (κ1) is 30.9. The molecule has 0 amide bonds. The molecule has 6 rings (SSSR count). The smallest absolute Gasteiger partial charge is 0.0544 e. The molecule has 1 heteroatoms. The zero-order chi connectivity index (χ0) is 32.3. The number of hydrogen-bond donors (Lipinski definition) is 1. The Balaban J connectivity index is 1.61. The van der Waals surface area contributed by atoms with Crippen molar-refractivity contribution in [3.8, 4) is 33.5 Å². The molecule has 0 saturated heterocycles. The molecule has 1 nitrogen and oxygen atoms in total. The van der Waals surface area contributed by atoms with E-state index in [9.17, 15) is 0 Å². The third-order valence-electron chi connectivity index (χ3n) is 9.52. The van der Waals surface area contributed by atoms with E-state index in [4.69, 9.17) is 0 Å². The molecule has 1 N–H and O–H groups in total. The lowest BCUT2D eigenvalue weighted by molar-refractivity contribution is 0.590. The third-order valence-corrected chi connectivity index (χ3v) is 9.52. The van der Waals surface area contributed by atoms with Gasteiger partial charge in [-0.15, -0.1) is 0 Å². The van der Waals surface area contributed by atoms with Gasteiger partial charge in [-0.3, -0.25) is 0 Å². The van der Waals surface area contributed by atoms with Gasteiger partial charge < -0.3 is 4.98 Å². The first-order valence-electron chi connectivity index (χ1n) is 16.7. The molecule has 0 atom stereocenters. The molecule has 0 fully saturated rings. The maximum Gasteiger partial charge on any atom is 0.0544 e. The Morgan fingerprint density at radius 1 is 0.511 bits per heavy atom. The minimum Gasteiger partial charge on any atom is -0.354 e.